The standard InChI is InChI=1S/C4H5FO2.C4H6O2/c1-3(5)4(6)7-2;1-3-4(5)6-2/h1H2,2H3;3H,1H2,2H3. The predicted molar refractivity (Wildman–Crippen MR) is 44.5 cm³/mol. The summed E-state index contributed by atoms with van der Waals surface area (Å²) < 4.78 is 19.5. The van der Waals surface area contributed by atoms with Gasteiger partial charge in [0.05, 0.1) is 14.2 Å². The molecule has 0 fully saturated rings. The minimum absolute atomic E-state index is 0.394. The molecule has 0 amide bonds. The molecule has 13 heavy (non-hydrogen) atoms. The van der Waals surface area contributed by atoms with E-state index in [4.69, 9.17) is 0 Å². The van der Waals surface area contributed by atoms with Crippen LogP contribution in [0.3, 0.4) is 0 Å². The van der Waals surface area contributed by atoms with Crippen LogP contribution in [0.25, 0.3) is 0 Å². The van der Waals surface area contributed by atoms with Gasteiger partial charge in [-0.1, -0.05) is 13.2 Å². The van der Waals surface area contributed by atoms with Gasteiger partial charge in [0.2, 0.25) is 5.83 Å². The molecule has 4 nitrogen and oxygen atoms in total. The lowest BCUT2D eigenvalue weighted by atomic mass is 10.6. The summed E-state index contributed by atoms with van der Waals surface area (Å²) in [5.74, 6) is -2.47. The third kappa shape index (κ3) is 10.4. The van der Waals surface area contributed by atoms with E-state index in [-0.39, 0.29) is 0 Å². The van der Waals surface area contributed by atoms with Crippen LogP contribution in [0.15, 0.2) is 25.1 Å². The molecule has 0 saturated heterocycles. The van der Waals surface area contributed by atoms with Gasteiger partial charge < -0.3 is 9.47 Å². The van der Waals surface area contributed by atoms with E-state index in [9.17, 15) is 14.0 Å². The van der Waals surface area contributed by atoms with Crippen LogP contribution in [0.4, 0.5) is 4.39 Å². The van der Waals surface area contributed by atoms with E-state index in [1.165, 1.54) is 7.11 Å². The van der Waals surface area contributed by atoms with Crippen LogP contribution < -0.4 is 0 Å². The van der Waals surface area contributed by atoms with Gasteiger partial charge in [0, 0.05) is 6.08 Å². The van der Waals surface area contributed by atoms with Crippen molar-refractivity contribution in [2.45, 2.75) is 0 Å². The third-order valence-corrected chi connectivity index (χ3v) is 0.775. The van der Waals surface area contributed by atoms with Crippen LogP contribution in [0.1, 0.15) is 0 Å². The lowest BCUT2D eigenvalue weighted by Gasteiger charge is -1.88. The van der Waals surface area contributed by atoms with Crippen LogP contribution in [-0.4, -0.2) is 26.2 Å². The molecule has 0 atom stereocenters. The molecule has 0 bridgehead atoms. The Morgan fingerprint density at radius 1 is 1.31 bits per heavy atom. The molecular weight excluding hydrogens is 179 g/mol. The minimum Gasteiger partial charge on any atom is -0.466 e. The highest BCUT2D eigenvalue weighted by molar-refractivity contribution is 5.84. The molecule has 0 aliphatic rings. The molecule has 0 aliphatic carbocycles. The zero-order valence-corrected chi connectivity index (χ0v) is 7.50. The van der Waals surface area contributed by atoms with E-state index in [2.05, 4.69) is 22.6 Å². The number of halogens is 1. The number of carbonyl (C=O) groups is 2. The molecular formula is C8H11FO4. The van der Waals surface area contributed by atoms with E-state index >= 15 is 0 Å². The first-order valence-corrected chi connectivity index (χ1v) is 3.12. The lowest BCUT2D eigenvalue weighted by Crippen LogP contribution is -1.97. The van der Waals surface area contributed by atoms with Crippen molar-refractivity contribution in [1.82, 2.24) is 0 Å². The maximum atomic E-state index is 11.4. The molecule has 0 heterocycles. The van der Waals surface area contributed by atoms with Crippen LogP contribution in [-0.2, 0) is 19.1 Å². The summed E-state index contributed by atoms with van der Waals surface area (Å²) in [4.78, 5) is 19.7. The SMILES string of the molecule is C=C(F)C(=O)OC.C=CC(=O)OC. The molecule has 74 valence electrons. The summed E-state index contributed by atoms with van der Waals surface area (Å²) >= 11 is 0. The maximum absolute atomic E-state index is 11.4. The number of hydrogen-bond donors (Lipinski definition) is 0. The summed E-state index contributed by atoms with van der Waals surface area (Å²) in [5, 5.41) is 0. The minimum atomic E-state index is -1.07. The van der Waals surface area contributed by atoms with Crippen LogP contribution in [0, 0.1) is 0 Å². The summed E-state index contributed by atoms with van der Waals surface area (Å²) in [6.45, 7) is 5.84. The van der Waals surface area contributed by atoms with E-state index in [0.29, 0.717) is 0 Å². The fourth-order valence-electron chi connectivity index (χ4n) is 0.194. The molecule has 5 heteroatoms. The van der Waals surface area contributed by atoms with Crippen molar-refractivity contribution >= 4 is 11.9 Å². The Hall–Kier alpha value is -1.65. The Balaban J connectivity index is 0. The Kier molecular flexibility index (Phi) is 9.04. The number of carbonyl (C=O) groups excluding carboxylic acids is 2. The van der Waals surface area contributed by atoms with E-state index < -0.39 is 17.8 Å². The smallest absolute Gasteiger partial charge is 0.366 e. The summed E-state index contributed by atoms with van der Waals surface area (Å²) in [6, 6.07) is 0. The van der Waals surface area contributed by atoms with Gasteiger partial charge in [0.25, 0.3) is 0 Å². The second kappa shape index (κ2) is 8.45. The van der Waals surface area contributed by atoms with E-state index in [1.54, 1.807) is 0 Å². The van der Waals surface area contributed by atoms with Gasteiger partial charge in [-0.3, -0.25) is 0 Å². The van der Waals surface area contributed by atoms with Crippen molar-refractivity contribution in [3.8, 4) is 0 Å². The van der Waals surface area contributed by atoms with Crippen LogP contribution >= 0.6 is 0 Å². The number of rotatable bonds is 2. The molecule has 0 aliphatic heterocycles. The number of ether oxygens (including phenoxy) is 2. The topological polar surface area (TPSA) is 52.6 Å². The second-order valence-electron chi connectivity index (χ2n) is 1.62. The Bertz CT molecular complexity index is 210. The highest BCUT2D eigenvalue weighted by Gasteiger charge is 2.01. The van der Waals surface area contributed by atoms with Gasteiger partial charge in [-0.25, -0.2) is 9.59 Å². The molecule has 0 rings (SSSR count). The first-order chi connectivity index (χ1) is 5.99. The molecule has 0 radical (unpaired) electrons. The van der Waals surface area contributed by atoms with Gasteiger partial charge in [0.1, 0.15) is 0 Å². The van der Waals surface area contributed by atoms with Gasteiger partial charge in [-0.2, -0.15) is 4.39 Å². The summed E-state index contributed by atoms with van der Waals surface area (Å²) in [6.07, 6.45) is 1.11. The zero-order valence-electron chi connectivity index (χ0n) is 7.50. The average Bonchev–Trinajstić information content (AvgIpc) is 2.16. The molecule has 0 spiro atoms. The lowest BCUT2D eigenvalue weighted by molar-refractivity contribution is -0.137. The molecule has 0 aromatic rings. The first kappa shape index (κ1) is 13.9. The Morgan fingerprint density at radius 3 is 1.77 bits per heavy atom. The molecule has 0 N–H and O–H groups in total. The zero-order chi connectivity index (χ0) is 10.9. The number of esters is 2. The van der Waals surface area contributed by atoms with Crippen LogP contribution in [0.2, 0.25) is 0 Å². The molecule has 0 aromatic heterocycles. The predicted octanol–water partition coefficient (Wildman–Crippen LogP) is 0.988. The number of hydrogen-bond acceptors (Lipinski definition) is 4. The quantitative estimate of drug-likeness (QED) is 0.481. The maximum Gasteiger partial charge on any atom is 0.366 e. The number of methoxy groups -OCH3 is 2. The van der Waals surface area contributed by atoms with Crippen molar-refractivity contribution in [1.29, 1.82) is 0 Å². The molecule has 0 aromatic carbocycles. The van der Waals surface area contributed by atoms with Crippen molar-refractivity contribution < 1.29 is 23.5 Å². The van der Waals surface area contributed by atoms with Crippen molar-refractivity contribution in [3.05, 3.63) is 25.1 Å². The fourth-order valence-corrected chi connectivity index (χ4v) is 0.194. The van der Waals surface area contributed by atoms with E-state index in [0.717, 1.165) is 13.2 Å². The van der Waals surface area contributed by atoms with Crippen molar-refractivity contribution in [2.75, 3.05) is 14.2 Å². The van der Waals surface area contributed by atoms with Gasteiger partial charge >= 0.3 is 11.9 Å². The summed E-state index contributed by atoms with van der Waals surface area (Å²) in [7, 11) is 2.40. The average molecular weight is 190 g/mol. The van der Waals surface area contributed by atoms with Crippen molar-refractivity contribution in [3.63, 3.8) is 0 Å². The Labute approximate surface area is 75.6 Å². The fraction of sp³-hybridized carbons (Fsp3) is 0.250. The molecule has 0 unspecified atom stereocenters. The highest BCUT2D eigenvalue weighted by atomic mass is 19.1. The normalized spacial score (nSPS) is 7.31. The van der Waals surface area contributed by atoms with Gasteiger partial charge in [-0.15, -0.1) is 0 Å². The largest absolute Gasteiger partial charge is 0.466 e. The summed E-state index contributed by atoms with van der Waals surface area (Å²) in [5.41, 5.74) is 0. The van der Waals surface area contributed by atoms with Crippen LogP contribution in [0.5, 0.6) is 0 Å². The Morgan fingerprint density at radius 2 is 1.77 bits per heavy atom. The van der Waals surface area contributed by atoms with Gasteiger partial charge in [0.15, 0.2) is 0 Å². The van der Waals surface area contributed by atoms with E-state index in [1.807, 2.05) is 0 Å². The first-order valence-electron chi connectivity index (χ1n) is 3.12. The molecule has 0 saturated carbocycles. The second-order valence-corrected chi connectivity index (χ2v) is 1.62. The van der Waals surface area contributed by atoms with Crippen molar-refractivity contribution in [2.24, 2.45) is 0 Å². The highest BCUT2D eigenvalue weighted by Crippen LogP contribution is 1.91. The van der Waals surface area contributed by atoms with Gasteiger partial charge in [-0.05, 0) is 0 Å². The monoisotopic (exact) mass is 190 g/mol. The third-order valence-electron chi connectivity index (χ3n) is 0.775.